The minimum Gasteiger partial charge on any atom is -0.504 e. The van der Waals surface area contributed by atoms with Crippen LogP contribution in [0.1, 0.15) is 26.3 Å². The Hall–Kier alpha value is -1.91. The molecule has 0 aliphatic rings. The van der Waals surface area contributed by atoms with E-state index in [2.05, 4.69) is 0 Å². The lowest BCUT2D eigenvalue weighted by Gasteiger charge is -2.29. The van der Waals surface area contributed by atoms with Crippen LogP contribution in [0.2, 0.25) is 0 Å². The van der Waals surface area contributed by atoms with Gasteiger partial charge in [-0.1, -0.05) is 26.8 Å². The van der Waals surface area contributed by atoms with Crippen molar-refractivity contribution in [3.05, 3.63) is 23.8 Å². The predicted octanol–water partition coefficient (Wildman–Crippen LogP) is 2.45. The summed E-state index contributed by atoms with van der Waals surface area (Å²) in [7, 11) is 1.49. The van der Waals surface area contributed by atoms with Gasteiger partial charge in [-0.3, -0.25) is 0 Å². The van der Waals surface area contributed by atoms with Crippen LogP contribution in [0.4, 0.5) is 4.79 Å². The molecule has 0 saturated heterocycles. The van der Waals surface area contributed by atoms with Crippen LogP contribution in [0.25, 0.3) is 0 Å². The van der Waals surface area contributed by atoms with Crippen LogP contribution < -0.4 is 10.5 Å². The van der Waals surface area contributed by atoms with Crippen molar-refractivity contribution in [2.75, 3.05) is 7.11 Å². The number of hydrogen-bond acceptors (Lipinski definition) is 4. The van der Waals surface area contributed by atoms with Gasteiger partial charge in [0.2, 0.25) is 0 Å². The molecular weight excluding hydrogens is 246 g/mol. The SMILES string of the molecule is COc1cc(C[C@H](OC(N)=O)C(C)(C)C)ccc1O. The maximum absolute atomic E-state index is 11.0. The Morgan fingerprint density at radius 1 is 1.42 bits per heavy atom. The van der Waals surface area contributed by atoms with Gasteiger partial charge in [0.25, 0.3) is 0 Å². The highest BCUT2D eigenvalue weighted by Crippen LogP contribution is 2.30. The van der Waals surface area contributed by atoms with E-state index in [0.29, 0.717) is 12.2 Å². The molecule has 1 atom stereocenters. The van der Waals surface area contributed by atoms with E-state index >= 15 is 0 Å². The molecule has 0 aromatic heterocycles. The van der Waals surface area contributed by atoms with Crippen molar-refractivity contribution in [2.24, 2.45) is 11.1 Å². The molecule has 0 radical (unpaired) electrons. The van der Waals surface area contributed by atoms with E-state index in [1.165, 1.54) is 7.11 Å². The first-order valence-corrected chi connectivity index (χ1v) is 6.06. The zero-order valence-corrected chi connectivity index (χ0v) is 11.8. The Balaban J connectivity index is 2.93. The molecule has 1 amide bonds. The zero-order chi connectivity index (χ0) is 14.6. The Morgan fingerprint density at radius 3 is 2.53 bits per heavy atom. The number of methoxy groups -OCH3 is 1. The van der Waals surface area contributed by atoms with Crippen molar-refractivity contribution in [1.82, 2.24) is 0 Å². The van der Waals surface area contributed by atoms with Crippen LogP contribution in [0, 0.1) is 5.41 Å². The van der Waals surface area contributed by atoms with Crippen molar-refractivity contribution in [3.8, 4) is 11.5 Å². The lowest BCUT2D eigenvalue weighted by atomic mass is 9.85. The highest BCUT2D eigenvalue weighted by Gasteiger charge is 2.28. The van der Waals surface area contributed by atoms with Gasteiger partial charge in [-0.05, 0) is 23.1 Å². The van der Waals surface area contributed by atoms with Crippen molar-refractivity contribution in [3.63, 3.8) is 0 Å². The molecule has 0 bridgehead atoms. The van der Waals surface area contributed by atoms with Gasteiger partial charge in [0, 0.05) is 6.42 Å². The average molecular weight is 267 g/mol. The number of benzene rings is 1. The van der Waals surface area contributed by atoms with Crippen LogP contribution in [0.15, 0.2) is 18.2 Å². The second kappa shape index (κ2) is 5.82. The molecule has 1 aromatic carbocycles. The lowest BCUT2D eigenvalue weighted by molar-refractivity contribution is 0.0374. The van der Waals surface area contributed by atoms with Crippen LogP contribution in [-0.4, -0.2) is 24.4 Å². The first-order chi connectivity index (χ1) is 8.74. The quantitative estimate of drug-likeness (QED) is 0.878. The number of ether oxygens (including phenoxy) is 2. The third-order valence-electron chi connectivity index (χ3n) is 2.89. The van der Waals surface area contributed by atoms with E-state index in [-0.39, 0.29) is 17.3 Å². The van der Waals surface area contributed by atoms with E-state index in [4.69, 9.17) is 15.2 Å². The summed E-state index contributed by atoms with van der Waals surface area (Å²) in [6.07, 6.45) is -0.631. The fraction of sp³-hybridized carbons (Fsp3) is 0.500. The standard InChI is InChI=1S/C14H21NO4/c1-14(2,3)12(19-13(15)17)8-9-5-6-10(16)11(7-9)18-4/h5-7,12,16H,8H2,1-4H3,(H2,15,17)/t12-/m0/s1. The van der Waals surface area contributed by atoms with E-state index in [0.717, 1.165) is 5.56 Å². The maximum atomic E-state index is 11.0. The summed E-state index contributed by atoms with van der Waals surface area (Å²) >= 11 is 0. The zero-order valence-electron chi connectivity index (χ0n) is 11.8. The second-order valence-electron chi connectivity index (χ2n) is 5.50. The molecule has 1 aromatic rings. The summed E-state index contributed by atoms with van der Waals surface area (Å²) in [5, 5.41) is 9.54. The van der Waals surface area contributed by atoms with Gasteiger partial charge in [-0.15, -0.1) is 0 Å². The number of aromatic hydroxyl groups is 1. The molecule has 0 saturated carbocycles. The van der Waals surface area contributed by atoms with E-state index in [1.807, 2.05) is 20.8 Å². The number of nitrogens with two attached hydrogens (primary N) is 1. The molecule has 0 fully saturated rings. The van der Waals surface area contributed by atoms with Gasteiger partial charge in [0.05, 0.1) is 7.11 Å². The van der Waals surface area contributed by atoms with Crippen molar-refractivity contribution in [2.45, 2.75) is 33.3 Å². The summed E-state index contributed by atoms with van der Waals surface area (Å²) in [4.78, 5) is 11.0. The molecule has 5 heteroatoms. The van der Waals surface area contributed by atoms with Gasteiger partial charge in [0.15, 0.2) is 11.5 Å². The molecule has 3 N–H and O–H groups in total. The Kier molecular flexibility index (Phi) is 4.64. The van der Waals surface area contributed by atoms with Crippen molar-refractivity contribution < 1.29 is 19.4 Å². The summed E-state index contributed by atoms with van der Waals surface area (Å²) in [5.41, 5.74) is 5.76. The number of amides is 1. The number of primary amides is 1. The fourth-order valence-electron chi connectivity index (χ4n) is 1.73. The molecule has 0 heterocycles. The third kappa shape index (κ3) is 4.35. The molecule has 0 aliphatic carbocycles. The van der Waals surface area contributed by atoms with Crippen LogP contribution in [-0.2, 0) is 11.2 Å². The Labute approximate surface area is 113 Å². The molecule has 0 unspecified atom stereocenters. The number of phenols is 1. The van der Waals surface area contributed by atoms with Gasteiger partial charge in [0.1, 0.15) is 6.10 Å². The molecular formula is C14H21NO4. The first kappa shape index (κ1) is 15.1. The molecule has 106 valence electrons. The van der Waals surface area contributed by atoms with Gasteiger partial charge < -0.3 is 20.3 Å². The average Bonchev–Trinajstić information content (AvgIpc) is 2.28. The van der Waals surface area contributed by atoms with E-state index in [9.17, 15) is 9.90 Å². The Bertz CT molecular complexity index is 451. The molecule has 19 heavy (non-hydrogen) atoms. The summed E-state index contributed by atoms with van der Waals surface area (Å²) < 4.78 is 10.2. The monoisotopic (exact) mass is 267 g/mol. The topological polar surface area (TPSA) is 81.8 Å². The predicted molar refractivity (Wildman–Crippen MR) is 72.3 cm³/mol. The smallest absolute Gasteiger partial charge is 0.404 e. The van der Waals surface area contributed by atoms with E-state index in [1.54, 1.807) is 18.2 Å². The Morgan fingerprint density at radius 2 is 2.05 bits per heavy atom. The van der Waals surface area contributed by atoms with Crippen molar-refractivity contribution >= 4 is 6.09 Å². The van der Waals surface area contributed by atoms with Crippen LogP contribution >= 0.6 is 0 Å². The largest absolute Gasteiger partial charge is 0.504 e. The van der Waals surface area contributed by atoms with Crippen molar-refractivity contribution in [1.29, 1.82) is 0 Å². The van der Waals surface area contributed by atoms with Gasteiger partial charge >= 0.3 is 6.09 Å². The molecule has 1 rings (SSSR count). The second-order valence-corrected chi connectivity index (χ2v) is 5.50. The number of carbonyl (C=O) groups is 1. The number of phenolic OH excluding ortho intramolecular Hbond substituents is 1. The van der Waals surface area contributed by atoms with Crippen LogP contribution in [0.3, 0.4) is 0 Å². The highest BCUT2D eigenvalue weighted by atomic mass is 16.6. The third-order valence-corrected chi connectivity index (χ3v) is 2.89. The van der Waals surface area contributed by atoms with Gasteiger partial charge in [-0.2, -0.15) is 0 Å². The summed E-state index contributed by atoms with van der Waals surface area (Å²) in [5.74, 6) is 0.471. The number of hydrogen-bond donors (Lipinski definition) is 2. The molecule has 0 spiro atoms. The lowest BCUT2D eigenvalue weighted by Crippen LogP contribution is -2.35. The number of rotatable bonds is 4. The fourth-order valence-corrected chi connectivity index (χ4v) is 1.73. The van der Waals surface area contributed by atoms with Gasteiger partial charge in [-0.25, -0.2) is 4.79 Å². The molecule has 0 aliphatic heterocycles. The van der Waals surface area contributed by atoms with Crippen LogP contribution in [0.5, 0.6) is 11.5 Å². The summed E-state index contributed by atoms with van der Waals surface area (Å²) in [6.45, 7) is 5.91. The number of carbonyl (C=O) groups excluding carboxylic acids is 1. The maximum Gasteiger partial charge on any atom is 0.404 e. The minimum absolute atomic E-state index is 0.0781. The summed E-state index contributed by atoms with van der Waals surface area (Å²) in [6, 6.07) is 5.04. The highest BCUT2D eigenvalue weighted by molar-refractivity contribution is 5.65. The minimum atomic E-state index is -0.786. The van der Waals surface area contributed by atoms with E-state index < -0.39 is 6.09 Å². The first-order valence-electron chi connectivity index (χ1n) is 6.06. The molecule has 5 nitrogen and oxygen atoms in total. The normalized spacial score (nSPS) is 12.8.